The van der Waals surface area contributed by atoms with Gasteiger partial charge < -0.3 is 10.2 Å². The number of hydrogen-bond donors (Lipinski definition) is 1. The fourth-order valence-corrected chi connectivity index (χ4v) is 2.42. The molecule has 3 heteroatoms. The van der Waals surface area contributed by atoms with Crippen LogP contribution >= 0.6 is 0 Å². The van der Waals surface area contributed by atoms with Crippen LogP contribution in [0.2, 0.25) is 0 Å². The molecule has 0 aliphatic carbocycles. The zero-order valence-corrected chi connectivity index (χ0v) is 10.4. The first-order chi connectivity index (χ1) is 7.58. The third kappa shape index (κ3) is 2.53. The minimum absolute atomic E-state index is 0.242. The molecule has 2 rings (SSSR count). The van der Waals surface area contributed by atoms with Gasteiger partial charge >= 0.3 is 0 Å². The fourth-order valence-electron chi connectivity index (χ4n) is 2.42. The molecule has 0 spiro atoms. The van der Waals surface area contributed by atoms with Crippen LogP contribution in [-0.4, -0.2) is 30.2 Å². The van der Waals surface area contributed by atoms with Gasteiger partial charge in [0.25, 0.3) is 0 Å². The molecule has 1 fully saturated rings. The summed E-state index contributed by atoms with van der Waals surface area (Å²) < 4.78 is 0. The summed E-state index contributed by atoms with van der Waals surface area (Å²) in [6, 6.07) is 6.68. The number of nitrogens with zero attached hydrogens (tertiary/aromatic N) is 2. The molecule has 0 amide bonds. The third-order valence-corrected chi connectivity index (χ3v) is 3.39. The van der Waals surface area contributed by atoms with Gasteiger partial charge in [-0.15, -0.1) is 0 Å². The fraction of sp³-hybridized carbons (Fsp3) is 0.615. The average Bonchev–Trinajstić information content (AvgIpc) is 2.28. The molecule has 1 atom stereocenters. The van der Waals surface area contributed by atoms with Crippen molar-refractivity contribution in [1.29, 1.82) is 0 Å². The smallest absolute Gasteiger partial charge is 0.128 e. The van der Waals surface area contributed by atoms with Crippen LogP contribution in [0.1, 0.15) is 26.7 Å². The summed E-state index contributed by atoms with van der Waals surface area (Å²) in [6.07, 6.45) is 4.22. The highest BCUT2D eigenvalue weighted by Gasteiger charge is 2.29. The normalized spacial score (nSPS) is 24.1. The van der Waals surface area contributed by atoms with E-state index in [1.807, 2.05) is 18.3 Å². The number of pyridine rings is 1. The Morgan fingerprint density at radius 1 is 1.44 bits per heavy atom. The van der Waals surface area contributed by atoms with Gasteiger partial charge in [0.1, 0.15) is 5.82 Å². The Hall–Kier alpha value is -1.09. The second kappa shape index (κ2) is 4.42. The highest BCUT2D eigenvalue weighted by atomic mass is 15.2. The molecule has 1 aromatic rings. The lowest BCUT2D eigenvalue weighted by atomic mass is 9.88. The van der Waals surface area contributed by atoms with Gasteiger partial charge in [0.2, 0.25) is 0 Å². The van der Waals surface area contributed by atoms with Crippen LogP contribution in [0.15, 0.2) is 24.4 Å². The molecule has 0 bridgehead atoms. The van der Waals surface area contributed by atoms with Crippen molar-refractivity contribution in [3.05, 3.63) is 24.4 Å². The van der Waals surface area contributed by atoms with Crippen LogP contribution < -0.4 is 10.2 Å². The average molecular weight is 219 g/mol. The summed E-state index contributed by atoms with van der Waals surface area (Å²) in [5.41, 5.74) is 0.242. The van der Waals surface area contributed by atoms with Crippen molar-refractivity contribution < 1.29 is 0 Å². The third-order valence-electron chi connectivity index (χ3n) is 3.39. The SMILES string of the molecule is CN(c1ccccn1)C1CCNC(C)(C)C1. The zero-order chi connectivity index (χ0) is 11.6. The molecule has 1 aromatic heterocycles. The lowest BCUT2D eigenvalue weighted by Crippen LogP contribution is -2.52. The Morgan fingerprint density at radius 2 is 2.25 bits per heavy atom. The summed E-state index contributed by atoms with van der Waals surface area (Å²) in [4.78, 5) is 6.72. The largest absolute Gasteiger partial charge is 0.357 e. The van der Waals surface area contributed by atoms with Gasteiger partial charge in [-0.05, 0) is 45.4 Å². The van der Waals surface area contributed by atoms with Crippen molar-refractivity contribution in [2.45, 2.75) is 38.3 Å². The van der Waals surface area contributed by atoms with Crippen LogP contribution in [0, 0.1) is 0 Å². The van der Waals surface area contributed by atoms with Gasteiger partial charge in [0.15, 0.2) is 0 Å². The molecule has 1 N–H and O–H groups in total. The molecule has 88 valence electrons. The van der Waals surface area contributed by atoms with Crippen molar-refractivity contribution in [2.75, 3.05) is 18.5 Å². The predicted molar refractivity (Wildman–Crippen MR) is 67.7 cm³/mol. The van der Waals surface area contributed by atoms with E-state index in [1.54, 1.807) is 0 Å². The van der Waals surface area contributed by atoms with E-state index in [-0.39, 0.29) is 5.54 Å². The summed E-state index contributed by atoms with van der Waals surface area (Å²) >= 11 is 0. The molecular formula is C13H21N3. The lowest BCUT2D eigenvalue weighted by Gasteiger charge is -2.41. The molecule has 2 heterocycles. The molecule has 0 saturated carbocycles. The van der Waals surface area contributed by atoms with Gasteiger partial charge in [0, 0.05) is 24.8 Å². The maximum atomic E-state index is 4.41. The van der Waals surface area contributed by atoms with Crippen molar-refractivity contribution in [2.24, 2.45) is 0 Å². The molecule has 1 aliphatic rings. The van der Waals surface area contributed by atoms with E-state index in [1.165, 1.54) is 12.8 Å². The quantitative estimate of drug-likeness (QED) is 0.825. The van der Waals surface area contributed by atoms with Gasteiger partial charge in [0.05, 0.1) is 0 Å². The molecule has 1 saturated heterocycles. The van der Waals surface area contributed by atoms with Crippen LogP contribution in [0.25, 0.3) is 0 Å². The molecule has 1 unspecified atom stereocenters. The maximum Gasteiger partial charge on any atom is 0.128 e. The summed E-state index contributed by atoms with van der Waals surface area (Å²) in [6.45, 7) is 5.63. The number of anilines is 1. The number of rotatable bonds is 2. The molecule has 16 heavy (non-hydrogen) atoms. The minimum Gasteiger partial charge on any atom is -0.357 e. The summed E-state index contributed by atoms with van der Waals surface area (Å²) in [5, 5.41) is 3.55. The molecular weight excluding hydrogens is 198 g/mol. The first-order valence-electron chi connectivity index (χ1n) is 5.97. The van der Waals surface area contributed by atoms with Crippen LogP contribution in [-0.2, 0) is 0 Å². The predicted octanol–water partition coefficient (Wildman–Crippen LogP) is 2.05. The van der Waals surface area contributed by atoms with Crippen LogP contribution in [0.4, 0.5) is 5.82 Å². The Labute approximate surface area is 97.9 Å². The van der Waals surface area contributed by atoms with Crippen molar-refractivity contribution in [1.82, 2.24) is 10.3 Å². The first-order valence-corrected chi connectivity index (χ1v) is 5.97. The van der Waals surface area contributed by atoms with E-state index in [9.17, 15) is 0 Å². The Balaban J connectivity index is 2.08. The summed E-state index contributed by atoms with van der Waals surface area (Å²) in [5.74, 6) is 1.07. The molecule has 0 aromatic carbocycles. The van der Waals surface area contributed by atoms with E-state index >= 15 is 0 Å². The van der Waals surface area contributed by atoms with Gasteiger partial charge in [-0.3, -0.25) is 0 Å². The van der Waals surface area contributed by atoms with E-state index in [0.717, 1.165) is 12.4 Å². The standard InChI is InChI=1S/C13H21N3/c1-13(2)10-11(7-9-15-13)16(3)12-6-4-5-8-14-12/h4-6,8,11,15H,7,9-10H2,1-3H3. The summed E-state index contributed by atoms with van der Waals surface area (Å²) in [7, 11) is 2.15. The van der Waals surface area contributed by atoms with E-state index < -0.39 is 0 Å². The first kappa shape index (κ1) is 11.4. The van der Waals surface area contributed by atoms with Crippen LogP contribution in [0.3, 0.4) is 0 Å². The number of piperidine rings is 1. The number of nitrogens with one attached hydrogen (secondary N) is 1. The van der Waals surface area contributed by atoms with Gasteiger partial charge in [-0.2, -0.15) is 0 Å². The zero-order valence-electron chi connectivity index (χ0n) is 10.4. The van der Waals surface area contributed by atoms with E-state index in [2.05, 4.69) is 42.2 Å². The highest BCUT2D eigenvalue weighted by molar-refractivity contribution is 5.38. The Kier molecular flexibility index (Phi) is 3.15. The maximum absolute atomic E-state index is 4.41. The molecule has 3 nitrogen and oxygen atoms in total. The Bertz CT molecular complexity index is 334. The number of hydrogen-bond acceptors (Lipinski definition) is 3. The number of aromatic nitrogens is 1. The lowest BCUT2D eigenvalue weighted by molar-refractivity contribution is 0.271. The topological polar surface area (TPSA) is 28.2 Å². The van der Waals surface area contributed by atoms with Gasteiger partial charge in [-0.1, -0.05) is 6.07 Å². The second-order valence-corrected chi connectivity index (χ2v) is 5.26. The van der Waals surface area contributed by atoms with Gasteiger partial charge in [-0.25, -0.2) is 4.98 Å². The second-order valence-electron chi connectivity index (χ2n) is 5.26. The molecule has 0 radical (unpaired) electrons. The van der Waals surface area contributed by atoms with Crippen molar-refractivity contribution in [3.63, 3.8) is 0 Å². The van der Waals surface area contributed by atoms with Crippen molar-refractivity contribution >= 4 is 5.82 Å². The Morgan fingerprint density at radius 3 is 2.88 bits per heavy atom. The van der Waals surface area contributed by atoms with E-state index in [4.69, 9.17) is 0 Å². The monoisotopic (exact) mass is 219 g/mol. The van der Waals surface area contributed by atoms with Crippen LogP contribution in [0.5, 0.6) is 0 Å². The minimum atomic E-state index is 0.242. The van der Waals surface area contributed by atoms with Crippen molar-refractivity contribution in [3.8, 4) is 0 Å². The molecule has 1 aliphatic heterocycles. The highest BCUT2D eigenvalue weighted by Crippen LogP contribution is 2.24. The van der Waals surface area contributed by atoms with E-state index in [0.29, 0.717) is 6.04 Å².